The summed E-state index contributed by atoms with van der Waals surface area (Å²) in [6.07, 6.45) is 1.56. The molecule has 0 aliphatic carbocycles. The zero-order valence-electron chi connectivity index (χ0n) is 9.17. The van der Waals surface area contributed by atoms with Gasteiger partial charge in [0.05, 0.1) is 11.7 Å². The molecule has 0 aliphatic rings. The van der Waals surface area contributed by atoms with Crippen molar-refractivity contribution in [3.05, 3.63) is 0 Å². The van der Waals surface area contributed by atoms with Gasteiger partial charge in [0.2, 0.25) is 0 Å². The summed E-state index contributed by atoms with van der Waals surface area (Å²) in [7, 11) is 1.72. The minimum Gasteiger partial charge on any atom is -0.392 e. The van der Waals surface area contributed by atoms with Crippen LogP contribution >= 0.6 is 11.8 Å². The van der Waals surface area contributed by atoms with E-state index < -0.39 is 0 Å². The van der Waals surface area contributed by atoms with Crippen LogP contribution in [0.2, 0.25) is 0 Å². The van der Waals surface area contributed by atoms with Crippen molar-refractivity contribution < 1.29 is 9.84 Å². The maximum atomic E-state index is 9.56. The smallest absolute Gasteiger partial charge is 0.0631 e. The summed E-state index contributed by atoms with van der Waals surface area (Å²) in [5.74, 6) is 1.92. The van der Waals surface area contributed by atoms with Gasteiger partial charge in [-0.2, -0.15) is 11.8 Å². The summed E-state index contributed by atoms with van der Waals surface area (Å²) >= 11 is 1.78. The first kappa shape index (κ1) is 13.3. The van der Waals surface area contributed by atoms with Crippen molar-refractivity contribution in [3.63, 3.8) is 0 Å². The van der Waals surface area contributed by atoms with E-state index in [0.717, 1.165) is 24.3 Å². The van der Waals surface area contributed by atoms with Crippen LogP contribution in [-0.2, 0) is 4.74 Å². The predicted molar refractivity (Wildman–Crippen MR) is 59.3 cm³/mol. The second-order valence-corrected chi connectivity index (χ2v) is 5.13. The highest BCUT2D eigenvalue weighted by atomic mass is 32.2. The average Bonchev–Trinajstić information content (AvgIpc) is 2.11. The van der Waals surface area contributed by atoms with Crippen LogP contribution in [0.25, 0.3) is 0 Å². The van der Waals surface area contributed by atoms with E-state index in [9.17, 15) is 5.11 Å². The zero-order chi connectivity index (χ0) is 10.3. The molecule has 0 aromatic carbocycles. The Labute approximate surface area is 86.1 Å². The highest BCUT2D eigenvalue weighted by Gasteiger charge is 2.17. The lowest BCUT2D eigenvalue weighted by Crippen LogP contribution is -2.25. The largest absolute Gasteiger partial charge is 0.392 e. The molecule has 13 heavy (non-hydrogen) atoms. The molecule has 2 nitrogen and oxygen atoms in total. The predicted octanol–water partition coefficient (Wildman–Crippen LogP) is 2.31. The van der Waals surface area contributed by atoms with Gasteiger partial charge in [0.25, 0.3) is 0 Å². The molecule has 0 saturated carbocycles. The third-order valence-electron chi connectivity index (χ3n) is 2.15. The summed E-state index contributed by atoms with van der Waals surface area (Å²) in [6.45, 7) is 6.20. The lowest BCUT2D eigenvalue weighted by Gasteiger charge is -2.24. The zero-order valence-corrected chi connectivity index (χ0v) is 9.99. The maximum absolute atomic E-state index is 9.56. The first-order valence-electron chi connectivity index (χ1n) is 4.83. The number of hydrogen-bond donors (Lipinski definition) is 1. The number of methoxy groups -OCH3 is 1. The Balaban J connectivity index is 3.51. The van der Waals surface area contributed by atoms with Gasteiger partial charge in [-0.05, 0) is 32.4 Å². The Bertz CT molecular complexity index is 126. The fraction of sp³-hybridized carbons (Fsp3) is 1.00. The lowest BCUT2D eigenvalue weighted by atomic mass is 10.0. The monoisotopic (exact) mass is 206 g/mol. The topological polar surface area (TPSA) is 29.5 Å². The minimum atomic E-state index is -0.181. The van der Waals surface area contributed by atoms with Crippen LogP contribution in [-0.4, -0.2) is 35.4 Å². The molecule has 0 fully saturated rings. The van der Waals surface area contributed by atoms with Crippen LogP contribution in [0.1, 0.15) is 33.6 Å². The van der Waals surface area contributed by atoms with Gasteiger partial charge in [-0.15, -0.1) is 0 Å². The molecule has 1 atom stereocenters. The fourth-order valence-corrected chi connectivity index (χ4v) is 1.63. The molecule has 0 radical (unpaired) electrons. The summed E-state index contributed by atoms with van der Waals surface area (Å²) < 4.78 is 5.27. The van der Waals surface area contributed by atoms with Gasteiger partial charge < -0.3 is 9.84 Å². The molecule has 0 aromatic heterocycles. The highest BCUT2D eigenvalue weighted by Crippen LogP contribution is 2.18. The molecule has 0 saturated heterocycles. The Morgan fingerprint density at radius 1 is 1.46 bits per heavy atom. The van der Waals surface area contributed by atoms with E-state index in [1.165, 1.54) is 0 Å². The van der Waals surface area contributed by atoms with E-state index in [2.05, 4.69) is 6.92 Å². The number of aliphatic hydroxyl groups excluding tert-OH is 1. The molecule has 0 amide bonds. The van der Waals surface area contributed by atoms with Gasteiger partial charge in [0.1, 0.15) is 0 Å². The van der Waals surface area contributed by atoms with Crippen LogP contribution in [0.3, 0.4) is 0 Å². The molecule has 3 heteroatoms. The molecule has 80 valence electrons. The third-order valence-corrected chi connectivity index (χ3v) is 3.18. The van der Waals surface area contributed by atoms with Crippen molar-refractivity contribution in [3.8, 4) is 0 Å². The number of ether oxygens (including phenoxy) is 1. The summed E-state index contributed by atoms with van der Waals surface area (Å²) in [5.41, 5.74) is -0.0993. The second kappa shape index (κ2) is 6.68. The first-order chi connectivity index (χ1) is 6.02. The SMILES string of the molecule is CCSCC(O)CCC(C)(C)OC. The van der Waals surface area contributed by atoms with Crippen LogP contribution < -0.4 is 0 Å². The molecule has 0 rings (SSSR count). The van der Waals surface area contributed by atoms with Crippen molar-refractivity contribution in [2.24, 2.45) is 0 Å². The normalized spacial score (nSPS) is 14.5. The molecule has 0 aromatic rings. The molecule has 0 bridgehead atoms. The molecular formula is C10H22O2S. The average molecular weight is 206 g/mol. The first-order valence-corrected chi connectivity index (χ1v) is 5.98. The molecule has 1 unspecified atom stereocenters. The van der Waals surface area contributed by atoms with Gasteiger partial charge in [0.15, 0.2) is 0 Å². The lowest BCUT2D eigenvalue weighted by molar-refractivity contribution is 0.00494. The van der Waals surface area contributed by atoms with Crippen molar-refractivity contribution in [1.29, 1.82) is 0 Å². The molecular weight excluding hydrogens is 184 g/mol. The Kier molecular flexibility index (Phi) is 6.82. The quantitative estimate of drug-likeness (QED) is 0.693. The highest BCUT2D eigenvalue weighted by molar-refractivity contribution is 7.99. The van der Waals surface area contributed by atoms with Gasteiger partial charge >= 0.3 is 0 Å². The van der Waals surface area contributed by atoms with Crippen molar-refractivity contribution >= 4 is 11.8 Å². The van der Waals surface area contributed by atoms with Crippen molar-refractivity contribution in [1.82, 2.24) is 0 Å². The number of hydrogen-bond acceptors (Lipinski definition) is 3. The van der Waals surface area contributed by atoms with E-state index in [1.807, 2.05) is 13.8 Å². The van der Waals surface area contributed by atoms with Gasteiger partial charge in [-0.3, -0.25) is 0 Å². The van der Waals surface area contributed by atoms with Crippen LogP contribution in [0.15, 0.2) is 0 Å². The van der Waals surface area contributed by atoms with Crippen LogP contribution in [0.5, 0.6) is 0 Å². The number of thioether (sulfide) groups is 1. The second-order valence-electron chi connectivity index (χ2n) is 3.82. The summed E-state index contributed by atoms with van der Waals surface area (Å²) in [4.78, 5) is 0. The number of rotatable bonds is 7. The van der Waals surface area contributed by atoms with Crippen molar-refractivity contribution in [2.75, 3.05) is 18.6 Å². The van der Waals surface area contributed by atoms with E-state index in [0.29, 0.717) is 0 Å². The van der Waals surface area contributed by atoms with E-state index >= 15 is 0 Å². The fourth-order valence-electron chi connectivity index (χ4n) is 0.953. The molecule has 0 aliphatic heterocycles. The van der Waals surface area contributed by atoms with Crippen LogP contribution in [0.4, 0.5) is 0 Å². The molecule has 0 spiro atoms. The Morgan fingerprint density at radius 3 is 2.54 bits per heavy atom. The maximum Gasteiger partial charge on any atom is 0.0631 e. The van der Waals surface area contributed by atoms with Crippen LogP contribution in [0, 0.1) is 0 Å². The third kappa shape index (κ3) is 7.35. The Morgan fingerprint density at radius 2 is 2.08 bits per heavy atom. The van der Waals surface area contributed by atoms with E-state index in [4.69, 9.17) is 4.74 Å². The summed E-state index contributed by atoms with van der Waals surface area (Å²) in [6, 6.07) is 0. The van der Waals surface area contributed by atoms with Gasteiger partial charge in [-0.25, -0.2) is 0 Å². The standard InChI is InChI=1S/C10H22O2S/c1-5-13-8-9(11)6-7-10(2,3)12-4/h9,11H,5-8H2,1-4H3. The number of aliphatic hydroxyl groups is 1. The molecule has 0 heterocycles. The minimum absolute atomic E-state index is 0.0993. The van der Waals surface area contributed by atoms with E-state index in [1.54, 1.807) is 18.9 Å². The van der Waals surface area contributed by atoms with E-state index in [-0.39, 0.29) is 11.7 Å². The Hall–Kier alpha value is 0.270. The molecule has 1 N–H and O–H groups in total. The van der Waals surface area contributed by atoms with Crippen molar-refractivity contribution in [2.45, 2.75) is 45.3 Å². The van der Waals surface area contributed by atoms with Gasteiger partial charge in [0, 0.05) is 12.9 Å². The van der Waals surface area contributed by atoms with Gasteiger partial charge in [-0.1, -0.05) is 6.92 Å². The summed E-state index contributed by atoms with van der Waals surface area (Å²) in [5, 5.41) is 9.56.